The van der Waals surface area contributed by atoms with Crippen molar-refractivity contribution >= 4 is 5.69 Å². The Morgan fingerprint density at radius 3 is 2.50 bits per heavy atom. The monoisotopic (exact) mass is 186 g/mol. The lowest BCUT2D eigenvalue weighted by Crippen LogP contribution is -2.13. The molecular weight excluding hydrogens is 174 g/mol. The Bertz CT molecular complexity index is 354. The molecule has 0 N–H and O–H groups in total. The highest BCUT2D eigenvalue weighted by molar-refractivity contribution is 5.55. The molecule has 0 amide bonds. The molecule has 1 aliphatic carbocycles. The van der Waals surface area contributed by atoms with E-state index in [9.17, 15) is 5.21 Å². The number of rotatable bonds is 2. The number of para-hydroxylation sites is 1. The van der Waals surface area contributed by atoms with Gasteiger partial charge in [-0.1, -0.05) is 30.4 Å². The third-order valence-electron chi connectivity index (χ3n) is 2.20. The summed E-state index contributed by atoms with van der Waals surface area (Å²) in [5, 5.41) is 12.8. The van der Waals surface area contributed by atoms with E-state index in [2.05, 4.69) is 0 Å². The molecule has 0 spiro atoms. The molecule has 14 heavy (non-hydrogen) atoms. The SMILES string of the molecule is [O-]N(C1=CCCC=C1)c1ccccc1. The Morgan fingerprint density at radius 1 is 1.07 bits per heavy atom. The fourth-order valence-electron chi connectivity index (χ4n) is 1.46. The van der Waals surface area contributed by atoms with Crippen LogP contribution in [0.3, 0.4) is 0 Å². The van der Waals surface area contributed by atoms with Crippen LogP contribution >= 0.6 is 0 Å². The minimum Gasteiger partial charge on any atom is -0.754 e. The Kier molecular flexibility index (Phi) is 2.65. The first-order valence-corrected chi connectivity index (χ1v) is 4.77. The molecule has 1 aromatic rings. The maximum absolute atomic E-state index is 11.8. The fourth-order valence-corrected chi connectivity index (χ4v) is 1.46. The lowest BCUT2D eigenvalue weighted by atomic mass is 10.1. The zero-order valence-electron chi connectivity index (χ0n) is 7.89. The lowest BCUT2D eigenvalue weighted by molar-refractivity contribution is 0.997. The van der Waals surface area contributed by atoms with Gasteiger partial charge in [-0.05, 0) is 31.1 Å². The summed E-state index contributed by atoms with van der Waals surface area (Å²) in [5.41, 5.74) is 1.42. The Hall–Kier alpha value is -1.54. The van der Waals surface area contributed by atoms with Gasteiger partial charge in [0, 0.05) is 11.4 Å². The van der Waals surface area contributed by atoms with Crippen LogP contribution in [0.15, 0.2) is 54.3 Å². The van der Waals surface area contributed by atoms with E-state index >= 15 is 0 Å². The molecule has 1 aliphatic rings. The standard InChI is InChI=1S/C12H12NO/c14-13(11-7-3-1-4-8-11)12-9-5-2-6-10-12/h1,3-5,7-10H,2,6H2/q-1. The summed E-state index contributed by atoms with van der Waals surface area (Å²) in [5.74, 6) is 0. The van der Waals surface area contributed by atoms with Crippen molar-refractivity contribution in [2.75, 3.05) is 5.06 Å². The second-order valence-corrected chi connectivity index (χ2v) is 3.24. The zero-order chi connectivity index (χ0) is 9.80. The molecule has 0 atom stereocenters. The van der Waals surface area contributed by atoms with Crippen molar-refractivity contribution in [3.63, 3.8) is 0 Å². The number of hydrogen-bond acceptors (Lipinski definition) is 2. The number of benzene rings is 1. The fraction of sp³-hybridized carbons (Fsp3) is 0.167. The van der Waals surface area contributed by atoms with E-state index in [1.165, 1.54) is 0 Å². The Balaban J connectivity index is 2.20. The summed E-state index contributed by atoms with van der Waals surface area (Å²) in [6.07, 6.45) is 7.87. The van der Waals surface area contributed by atoms with Gasteiger partial charge in [-0.3, -0.25) is 0 Å². The Morgan fingerprint density at radius 2 is 1.86 bits per heavy atom. The predicted molar refractivity (Wildman–Crippen MR) is 58.7 cm³/mol. The maximum atomic E-state index is 11.8. The lowest BCUT2D eigenvalue weighted by Gasteiger charge is -2.32. The first-order chi connectivity index (χ1) is 6.88. The van der Waals surface area contributed by atoms with Crippen LogP contribution in [0.25, 0.3) is 0 Å². The van der Waals surface area contributed by atoms with Crippen LogP contribution in [0.1, 0.15) is 12.8 Å². The highest BCUT2D eigenvalue weighted by Crippen LogP contribution is 2.20. The average molecular weight is 186 g/mol. The van der Waals surface area contributed by atoms with Crippen molar-refractivity contribution < 1.29 is 0 Å². The van der Waals surface area contributed by atoms with Gasteiger partial charge in [0.1, 0.15) is 0 Å². The summed E-state index contributed by atoms with van der Waals surface area (Å²) in [7, 11) is 0. The quantitative estimate of drug-likeness (QED) is 0.663. The molecular formula is C12H12NO-. The summed E-state index contributed by atoms with van der Waals surface area (Å²) >= 11 is 0. The van der Waals surface area contributed by atoms with E-state index in [1.54, 1.807) is 0 Å². The van der Waals surface area contributed by atoms with E-state index in [1.807, 2.05) is 48.6 Å². The normalized spacial score (nSPS) is 15.1. The molecule has 0 aromatic heterocycles. The highest BCUT2D eigenvalue weighted by Gasteiger charge is 2.00. The van der Waals surface area contributed by atoms with Crippen molar-refractivity contribution in [1.82, 2.24) is 0 Å². The average Bonchev–Trinajstić information content (AvgIpc) is 2.30. The number of anilines is 1. The van der Waals surface area contributed by atoms with Crippen LogP contribution < -0.4 is 5.06 Å². The maximum Gasteiger partial charge on any atom is 0.0303 e. The van der Waals surface area contributed by atoms with Gasteiger partial charge >= 0.3 is 0 Å². The first kappa shape index (κ1) is 9.03. The van der Waals surface area contributed by atoms with Crippen molar-refractivity contribution in [3.05, 3.63) is 59.5 Å². The van der Waals surface area contributed by atoms with E-state index in [-0.39, 0.29) is 0 Å². The minimum atomic E-state index is 0.685. The topological polar surface area (TPSA) is 26.3 Å². The number of hydroxylamine groups is 1. The minimum absolute atomic E-state index is 0.685. The smallest absolute Gasteiger partial charge is 0.0303 e. The van der Waals surface area contributed by atoms with Crippen LogP contribution in [-0.2, 0) is 0 Å². The van der Waals surface area contributed by atoms with Gasteiger partial charge in [0.2, 0.25) is 0 Å². The molecule has 0 bridgehead atoms. The molecule has 0 heterocycles. The van der Waals surface area contributed by atoms with Crippen LogP contribution in [-0.4, -0.2) is 0 Å². The van der Waals surface area contributed by atoms with Crippen molar-refractivity contribution in [2.24, 2.45) is 0 Å². The van der Waals surface area contributed by atoms with E-state index in [4.69, 9.17) is 0 Å². The number of hydrogen-bond donors (Lipinski definition) is 0. The molecule has 72 valence electrons. The van der Waals surface area contributed by atoms with Gasteiger partial charge in [0.25, 0.3) is 0 Å². The van der Waals surface area contributed by atoms with E-state index < -0.39 is 0 Å². The molecule has 0 fully saturated rings. The molecule has 2 nitrogen and oxygen atoms in total. The van der Waals surface area contributed by atoms with Gasteiger partial charge in [-0.25, -0.2) is 0 Å². The van der Waals surface area contributed by atoms with Crippen molar-refractivity contribution in [3.8, 4) is 0 Å². The first-order valence-electron chi connectivity index (χ1n) is 4.77. The summed E-state index contributed by atoms with van der Waals surface area (Å²) in [6, 6.07) is 9.27. The largest absolute Gasteiger partial charge is 0.754 e. The van der Waals surface area contributed by atoms with Gasteiger partial charge < -0.3 is 10.3 Å². The third kappa shape index (κ3) is 1.86. The summed E-state index contributed by atoms with van der Waals surface area (Å²) in [4.78, 5) is 0. The molecule has 2 heteroatoms. The predicted octanol–water partition coefficient (Wildman–Crippen LogP) is 3.22. The van der Waals surface area contributed by atoms with E-state index in [0.717, 1.165) is 23.6 Å². The molecule has 0 saturated heterocycles. The zero-order valence-corrected chi connectivity index (χ0v) is 7.89. The second-order valence-electron chi connectivity index (χ2n) is 3.24. The molecule has 0 aliphatic heterocycles. The highest BCUT2D eigenvalue weighted by atomic mass is 16.5. The van der Waals surface area contributed by atoms with Crippen molar-refractivity contribution in [1.29, 1.82) is 0 Å². The van der Waals surface area contributed by atoms with Crippen LogP contribution in [0, 0.1) is 5.21 Å². The number of nitrogens with zero attached hydrogens (tertiary/aromatic N) is 1. The third-order valence-corrected chi connectivity index (χ3v) is 2.20. The van der Waals surface area contributed by atoms with Crippen LogP contribution in [0.2, 0.25) is 0 Å². The molecule has 0 saturated carbocycles. The van der Waals surface area contributed by atoms with Crippen molar-refractivity contribution in [2.45, 2.75) is 12.8 Å². The van der Waals surface area contributed by atoms with Crippen LogP contribution in [0.4, 0.5) is 5.69 Å². The second kappa shape index (κ2) is 4.11. The molecule has 0 unspecified atom stereocenters. The Labute approximate surface area is 83.7 Å². The molecule has 2 rings (SSSR count). The van der Waals surface area contributed by atoms with Gasteiger partial charge in [0.15, 0.2) is 0 Å². The van der Waals surface area contributed by atoms with Crippen LogP contribution in [0.5, 0.6) is 0 Å². The van der Waals surface area contributed by atoms with E-state index in [0.29, 0.717) is 5.69 Å². The summed E-state index contributed by atoms with van der Waals surface area (Å²) in [6.45, 7) is 0. The molecule has 1 aromatic carbocycles. The number of allylic oxidation sites excluding steroid dienone is 3. The molecule has 0 radical (unpaired) electrons. The van der Waals surface area contributed by atoms with Gasteiger partial charge in [-0.15, -0.1) is 0 Å². The summed E-state index contributed by atoms with van der Waals surface area (Å²) < 4.78 is 0. The van der Waals surface area contributed by atoms with Gasteiger partial charge in [-0.2, -0.15) is 0 Å². The van der Waals surface area contributed by atoms with Gasteiger partial charge in [0.05, 0.1) is 0 Å².